The Morgan fingerprint density at radius 2 is 2.05 bits per heavy atom. The number of sulfonamides is 1. The molecule has 0 atom stereocenters. The van der Waals surface area contributed by atoms with Crippen molar-refractivity contribution < 1.29 is 13.2 Å². The molecule has 112 valence electrons. The second-order valence-electron chi connectivity index (χ2n) is 4.93. The molecule has 0 unspecified atom stereocenters. The molecule has 0 radical (unpaired) electrons. The third kappa shape index (κ3) is 3.60. The molecule has 0 spiro atoms. The molecular formula is C12H17BrN2O3S2. The Labute approximate surface area is 131 Å². The van der Waals surface area contributed by atoms with Crippen LogP contribution in [0.3, 0.4) is 0 Å². The van der Waals surface area contributed by atoms with E-state index in [1.165, 1.54) is 21.9 Å². The van der Waals surface area contributed by atoms with E-state index in [0.717, 1.165) is 4.47 Å². The van der Waals surface area contributed by atoms with E-state index in [0.29, 0.717) is 30.8 Å². The average molecular weight is 381 g/mol. The number of amides is 1. The molecule has 1 amide bonds. The Kier molecular flexibility index (Phi) is 4.88. The first-order chi connectivity index (χ1) is 9.29. The normalized spacial score (nSPS) is 17.7. The summed E-state index contributed by atoms with van der Waals surface area (Å²) in [6.45, 7) is 1.19. The van der Waals surface area contributed by atoms with Gasteiger partial charge in [0.05, 0.1) is 11.1 Å². The number of thiophene rings is 1. The maximum atomic E-state index is 12.3. The molecule has 0 saturated carbocycles. The number of hydrogen-bond acceptors (Lipinski definition) is 4. The summed E-state index contributed by atoms with van der Waals surface area (Å²) in [5.41, 5.74) is 0. The molecule has 1 aliphatic rings. The van der Waals surface area contributed by atoms with Crippen molar-refractivity contribution in [2.75, 3.05) is 26.4 Å². The van der Waals surface area contributed by atoms with Gasteiger partial charge in [-0.05, 0) is 34.8 Å². The minimum absolute atomic E-state index is 0.0101. The summed E-state index contributed by atoms with van der Waals surface area (Å²) in [5.74, 6) is 0.0289. The van der Waals surface area contributed by atoms with Gasteiger partial charge in [-0.1, -0.05) is 0 Å². The number of nitrogens with zero attached hydrogens (tertiary/aromatic N) is 2. The van der Waals surface area contributed by atoms with Crippen LogP contribution in [0.1, 0.15) is 22.5 Å². The summed E-state index contributed by atoms with van der Waals surface area (Å²) < 4.78 is 25.4. The van der Waals surface area contributed by atoms with Crippen LogP contribution in [0.4, 0.5) is 0 Å². The quantitative estimate of drug-likeness (QED) is 0.805. The predicted molar refractivity (Wildman–Crippen MR) is 83.6 cm³/mol. The fourth-order valence-corrected chi connectivity index (χ4v) is 4.43. The van der Waals surface area contributed by atoms with Gasteiger partial charge in [0.25, 0.3) is 5.91 Å². The van der Waals surface area contributed by atoms with Crippen LogP contribution in [0.2, 0.25) is 0 Å². The monoisotopic (exact) mass is 380 g/mol. The molecule has 1 aromatic heterocycles. The molecule has 20 heavy (non-hydrogen) atoms. The summed E-state index contributed by atoms with van der Waals surface area (Å²) in [4.78, 5) is 14.8. The first-order valence-electron chi connectivity index (χ1n) is 6.25. The minimum Gasteiger partial charge on any atom is -0.338 e. The number of rotatable bonds is 3. The van der Waals surface area contributed by atoms with Crippen LogP contribution in [-0.4, -0.2) is 56.0 Å². The van der Waals surface area contributed by atoms with Gasteiger partial charge in [-0.25, -0.2) is 12.7 Å². The molecule has 1 fully saturated rings. The fraction of sp³-hybridized carbons (Fsp3) is 0.583. The largest absolute Gasteiger partial charge is 0.338 e. The summed E-state index contributed by atoms with van der Waals surface area (Å²) >= 11 is 4.76. The lowest BCUT2D eigenvalue weighted by Gasteiger charge is -2.35. The Bertz CT molecular complexity index is 592. The van der Waals surface area contributed by atoms with Gasteiger partial charge >= 0.3 is 0 Å². The van der Waals surface area contributed by atoms with Crippen LogP contribution in [0.15, 0.2) is 15.9 Å². The molecule has 5 nitrogen and oxygen atoms in total. The molecule has 0 N–H and O–H groups in total. The van der Waals surface area contributed by atoms with E-state index >= 15 is 0 Å². The molecule has 0 bridgehead atoms. The zero-order valence-electron chi connectivity index (χ0n) is 11.4. The number of likely N-dealkylation sites (tertiary alicyclic amines) is 1. The first-order valence-corrected chi connectivity index (χ1v) is 9.77. The smallest absolute Gasteiger partial charge is 0.263 e. The number of piperidine rings is 1. The van der Waals surface area contributed by atoms with Gasteiger partial charge in [-0.2, -0.15) is 0 Å². The van der Waals surface area contributed by atoms with Crippen molar-refractivity contribution in [1.29, 1.82) is 0 Å². The van der Waals surface area contributed by atoms with Crippen molar-refractivity contribution in [1.82, 2.24) is 9.21 Å². The van der Waals surface area contributed by atoms with E-state index in [2.05, 4.69) is 15.9 Å². The van der Waals surface area contributed by atoms with Gasteiger partial charge in [-0.3, -0.25) is 4.79 Å². The van der Waals surface area contributed by atoms with E-state index in [4.69, 9.17) is 0 Å². The highest BCUT2D eigenvalue weighted by Gasteiger charge is 2.29. The standard InChI is InChI=1S/C12H17BrN2O3S2/c1-14(20(2,17)18)10-3-5-15(6-4-10)12(16)11-7-9(13)8-19-11/h7-8,10H,3-6H2,1-2H3. The van der Waals surface area contributed by atoms with Gasteiger partial charge in [0.1, 0.15) is 0 Å². The fourth-order valence-electron chi connectivity index (χ4n) is 2.28. The van der Waals surface area contributed by atoms with Gasteiger partial charge in [0, 0.05) is 36.0 Å². The predicted octanol–water partition coefficient (Wildman–Crippen LogP) is 2.01. The van der Waals surface area contributed by atoms with Gasteiger partial charge in [0.2, 0.25) is 10.0 Å². The maximum absolute atomic E-state index is 12.3. The molecule has 0 aliphatic carbocycles. The van der Waals surface area contributed by atoms with Crippen molar-refractivity contribution in [2.24, 2.45) is 0 Å². The first kappa shape index (κ1) is 15.9. The second kappa shape index (κ2) is 6.13. The molecule has 2 rings (SSSR count). The average Bonchev–Trinajstić information content (AvgIpc) is 2.83. The highest BCUT2D eigenvalue weighted by Crippen LogP contribution is 2.24. The van der Waals surface area contributed by atoms with Crippen LogP contribution >= 0.6 is 27.3 Å². The number of halogens is 1. The lowest BCUT2D eigenvalue weighted by molar-refractivity contribution is 0.0691. The summed E-state index contributed by atoms with van der Waals surface area (Å²) in [5, 5.41) is 1.89. The van der Waals surface area contributed by atoms with Crippen molar-refractivity contribution in [3.05, 3.63) is 20.8 Å². The minimum atomic E-state index is -3.16. The third-order valence-corrected chi connectivity index (χ3v) is 6.59. The van der Waals surface area contributed by atoms with Crippen molar-refractivity contribution in [2.45, 2.75) is 18.9 Å². The van der Waals surface area contributed by atoms with Crippen LogP contribution in [0.5, 0.6) is 0 Å². The van der Waals surface area contributed by atoms with Crippen LogP contribution < -0.4 is 0 Å². The van der Waals surface area contributed by atoms with Crippen LogP contribution in [0.25, 0.3) is 0 Å². The van der Waals surface area contributed by atoms with Crippen LogP contribution in [-0.2, 0) is 10.0 Å². The lowest BCUT2D eigenvalue weighted by Crippen LogP contribution is -2.46. The SMILES string of the molecule is CN(C1CCN(C(=O)c2cc(Br)cs2)CC1)S(C)(=O)=O. The van der Waals surface area contributed by atoms with Crippen molar-refractivity contribution >= 4 is 43.2 Å². The van der Waals surface area contributed by atoms with E-state index in [1.807, 2.05) is 11.4 Å². The molecule has 1 saturated heterocycles. The van der Waals surface area contributed by atoms with E-state index < -0.39 is 10.0 Å². The van der Waals surface area contributed by atoms with Crippen LogP contribution in [0, 0.1) is 0 Å². The third-order valence-electron chi connectivity index (χ3n) is 3.57. The van der Waals surface area contributed by atoms with E-state index in [9.17, 15) is 13.2 Å². The van der Waals surface area contributed by atoms with Crippen molar-refractivity contribution in [3.8, 4) is 0 Å². The highest BCUT2D eigenvalue weighted by molar-refractivity contribution is 9.10. The van der Waals surface area contributed by atoms with Gasteiger partial charge < -0.3 is 4.90 Å². The molecule has 1 aliphatic heterocycles. The summed E-state index contributed by atoms with van der Waals surface area (Å²) in [7, 11) is -1.56. The Balaban J connectivity index is 1.96. The van der Waals surface area contributed by atoms with E-state index in [-0.39, 0.29) is 11.9 Å². The van der Waals surface area contributed by atoms with Crippen molar-refractivity contribution in [3.63, 3.8) is 0 Å². The van der Waals surface area contributed by atoms with Gasteiger partial charge in [0.15, 0.2) is 0 Å². The summed E-state index contributed by atoms with van der Waals surface area (Å²) in [6, 6.07) is 1.81. The number of carbonyl (C=O) groups excluding carboxylic acids is 1. The highest BCUT2D eigenvalue weighted by atomic mass is 79.9. The molecule has 8 heteroatoms. The zero-order valence-corrected chi connectivity index (χ0v) is 14.6. The zero-order chi connectivity index (χ0) is 14.9. The van der Waals surface area contributed by atoms with Gasteiger partial charge in [-0.15, -0.1) is 11.3 Å². The summed E-state index contributed by atoms with van der Waals surface area (Å²) in [6.07, 6.45) is 2.58. The lowest BCUT2D eigenvalue weighted by atomic mass is 10.1. The van der Waals surface area contributed by atoms with E-state index in [1.54, 1.807) is 11.9 Å². The molecule has 0 aromatic carbocycles. The Morgan fingerprint density at radius 1 is 1.45 bits per heavy atom. The maximum Gasteiger partial charge on any atom is 0.263 e. The number of carbonyl (C=O) groups is 1. The molecule has 2 heterocycles. The topological polar surface area (TPSA) is 57.7 Å². The molecule has 1 aromatic rings. The Hall–Kier alpha value is -0.440. The Morgan fingerprint density at radius 3 is 2.50 bits per heavy atom. The second-order valence-corrected chi connectivity index (χ2v) is 8.80. The molecular weight excluding hydrogens is 364 g/mol. The number of hydrogen-bond donors (Lipinski definition) is 0.